The quantitative estimate of drug-likeness (QED) is 0.872. The van der Waals surface area contributed by atoms with Gasteiger partial charge in [0, 0.05) is 13.1 Å². The lowest BCUT2D eigenvalue weighted by Gasteiger charge is -2.55. The van der Waals surface area contributed by atoms with Gasteiger partial charge in [0.2, 0.25) is 5.91 Å². The fourth-order valence-corrected chi connectivity index (χ4v) is 6.54. The molecule has 4 heteroatoms. The summed E-state index contributed by atoms with van der Waals surface area (Å²) in [5.74, 6) is 4.53. The van der Waals surface area contributed by atoms with Crippen LogP contribution in [0.4, 0.5) is 11.5 Å². The zero-order chi connectivity index (χ0) is 17.7. The Hall–Kier alpha value is -1.58. The molecule has 2 heterocycles. The van der Waals surface area contributed by atoms with Crippen molar-refractivity contribution in [1.29, 1.82) is 0 Å². The Morgan fingerprint density at radius 2 is 1.69 bits per heavy atom. The van der Waals surface area contributed by atoms with E-state index in [1.165, 1.54) is 32.1 Å². The van der Waals surface area contributed by atoms with Crippen LogP contribution >= 0.6 is 0 Å². The first-order valence-electron chi connectivity index (χ1n) is 10.6. The number of nitrogens with one attached hydrogen (secondary N) is 1. The number of hydrogen-bond acceptors (Lipinski definition) is 3. The highest BCUT2D eigenvalue weighted by Crippen LogP contribution is 2.60. The smallest absolute Gasteiger partial charge is 0.230 e. The summed E-state index contributed by atoms with van der Waals surface area (Å²) < 4.78 is 0. The number of hydrogen-bond donors (Lipinski definition) is 1. The molecular formula is C22H31N3O. The first-order valence-corrected chi connectivity index (χ1v) is 10.6. The van der Waals surface area contributed by atoms with Gasteiger partial charge in [-0.05, 0) is 87.2 Å². The van der Waals surface area contributed by atoms with E-state index in [1.54, 1.807) is 0 Å². The predicted octanol–water partition coefficient (Wildman–Crippen LogP) is 4.47. The summed E-state index contributed by atoms with van der Waals surface area (Å²) in [4.78, 5) is 20.1. The van der Waals surface area contributed by atoms with Gasteiger partial charge in [-0.15, -0.1) is 0 Å². The van der Waals surface area contributed by atoms with Gasteiger partial charge in [0.15, 0.2) is 0 Å². The lowest BCUT2D eigenvalue weighted by atomic mass is 9.49. The Morgan fingerprint density at radius 3 is 2.23 bits per heavy atom. The fraction of sp³-hybridized carbons (Fsp3) is 0.727. The molecule has 1 N–H and O–H groups in total. The number of piperidine rings is 1. The van der Waals surface area contributed by atoms with Crippen molar-refractivity contribution in [3.05, 3.63) is 18.3 Å². The van der Waals surface area contributed by atoms with E-state index in [4.69, 9.17) is 0 Å². The molecule has 1 aromatic rings. The number of rotatable bonds is 3. The van der Waals surface area contributed by atoms with Gasteiger partial charge in [-0.25, -0.2) is 4.98 Å². The lowest BCUT2D eigenvalue weighted by Crippen LogP contribution is -2.51. The summed E-state index contributed by atoms with van der Waals surface area (Å²) in [6.45, 7) is 4.51. The number of pyridine rings is 1. The molecule has 0 atom stereocenters. The van der Waals surface area contributed by atoms with Crippen molar-refractivity contribution in [2.24, 2.45) is 29.1 Å². The van der Waals surface area contributed by atoms with Crippen molar-refractivity contribution in [3.8, 4) is 0 Å². The van der Waals surface area contributed by atoms with Gasteiger partial charge in [0.25, 0.3) is 0 Å². The van der Waals surface area contributed by atoms with Crippen LogP contribution in [0.2, 0.25) is 0 Å². The van der Waals surface area contributed by atoms with Crippen molar-refractivity contribution < 1.29 is 4.79 Å². The van der Waals surface area contributed by atoms with Crippen molar-refractivity contribution in [1.82, 2.24) is 4.98 Å². The molecule has 1 aromatic heterocycles. The van der Waals surface area contributed by atoms with E-state index in [0.717, 1.165) is 67.5 Å². The molecule has 4 saturated carbocycles. The van der Waals surface area contributed by atoms with Crippen LogP contribution in [0.1, 0.15) is 58.3 Å². The largest absolute Gasteiger partial charge is 0.357 e. The van der Waals surface area contributed by atoms with Gasteiger partial charge in [-0.3, -0.25) is 4.79 Å². The molecule has 26 heavy (non-hydrogen) atoms. The number of anilines is 2. The zero-order valence-corrected chi connectivity index (χ0v) is 15.9. The minimum Gasteiger partial charge on any atom is -0.357 e. The van der Waals surface area contributed by atoms with E-state index in [1.807, 2.05) is 12.3 Å². The topological polar surface area (TPSA) is 45.2 Å². The highest BCUT2D eigenvalue weighted by atomic mass is 16.2. The molecule has 0 radical (unpaired) electrons. The molecule has 0 aromatic carbocycles. The maximum absolute atomic E-state index is 13.1. The molecule has 5 fully saturated rings. The molecule has 5 aliphatic rings. The van der Waals surface area contributed by atoms with Gasteiger partial charge in [-0.1, -0.05) is 6.92 Å². The van der Waals surface area contributed by atoms with Crippen molar-refractivity contribution in [3.63, 3.8) is 0 Å². The molecule has 4 nitrogen and oxygen atoms in total. The standard InChI is InChI=1S/C22H31N3O/c1-15-4-6-25(7-5-15)20-3-2-19(14-23-20)24-21(26)22-11-16-8-17(12-22)10-18(9-16)13-22/h2-3,14-18H,4-13H2,1H3,(H,24,26). The Bertz CT molecular complexity index is 640. The number of carbonyl (C=O) groups is 1. The van der Waals surface area contributed by atoms with Crippen molar-refractivity contribution in [2.45, 2.75) is 58.3 Å². The first-order chi connectivity index (χ1) is 12.6. The second kappa shape index (κ2) is 6.24. The number of aromatic nitrogens is 1. The molecular weight excluding hydrogens is 322 g/mol. The average molecular weight is 354 g/mol. The van der Waals surface area contributed by atoms with E-state index in [2.05, 4.69) is 28.2 Å². The highest BCUT2D eigenvalue weighted by Gasteiger charge is 2.54. The Morgan fingerprint density at radius 1 is 1.08 bits per heavy atom. The first kappa shape index (κ1) is 16.6. The third-order valence-corrected chi connectivity index (χ3v) is 7.63. The van der Waals surface area contributed by atoms with Gasteiger partial charge in [-0.2, -0.15) is 0 Å². The molecule has 6 rings (SSSR count). The van der Waals surface area contributed by atoms with Crippen LogP contribution in [0, 0.1) is 29.1 Å². The summed E-state index contributed by atoms with van der Waals surface area (Å²) >= 11 is 0. The maximum Gasteiger partial charge on any atom is 0.230 e. The summed E-state index contributed by atoms with van der Waals surface area (Å²) in [7, 11) is 0. The molecule has 1 amide bonds. The number of carbonyl (C=O) groups excluding carboxylic acids is 1. The Balaban J connectivity index is 1.26. The summed E-state index contributed by atoms with van der Waals surface area (Å²) in [5.41, 5.74) is 0.774. The normalized spacial score (nSPS) is 36.3. The van der Waals surface area contributed by atoms with E-state index in [0.29, 0.717) is 0 Å². The van der Waals surface area contributed by atoms with Crippen LogP contribution in [0.5, 0.6) is 0 Å². The van der Waals surface area contributed by atoms with Crippen LogP contribution in [0.15, 0.2) is 18.3 Å². The lowest BCUT2D eigenvalue weighted by molar-refractivity contribution is -0.140. The van der Waals surface area contributed by atoms with E-state index in [9.17, 15) is 4.79 Å². The second-order valence-corrected chi connectivity index (χ2v) is 9.73. The second-order valence-electron chi connectivity index (χ2n) is 9.73. The van der Waals surface area contributed by atoms with Gasteiger partial charge < -0.3 is 10.2 Å². The molecule has 1 saturated heterocycles. The monoisotopic (exact) mass is 353 g/mol. The van der Waals surface area contributed by atoms with E-state index < -0.39 is 0 Å². The zero-order valence-electron chi connectivity index (χ0n) is 15.9. The number of nitrogens with zero attached hydrogens (tertiary/aromatic N) is 2. The van der Waals surface area contributed by atoms with Crippen LogP contribution in [0.25, 0.3) is 0 Å². The molecule has 0 spiro atoms. The average Bonchev–Trinajstić information content (AvgIpc) is 2.62. The third kappa shape index (κ3) is 2.91. The minimum absolute atomic E-state index is 0.0869. The summed E-state index contributed by atoms with van der Waals surface area (Å²) in [6.07, 6.45) is 11.8. The van der Waals surface area contributed by atoms with E-state index >= 15 is 0 Å². The predicted molar refractivity (Wildman–Crippen MR) is 104 cm³/mol. The molecule has 140 valence electrons. The summed E-state index contributed by atoms with van der Waals surface area (Å²) in [5, 5.41) is 3.22. The third-order valence-electron chi connectivity index (χ3n) is 7.63. The highest BCUT2D eigenvalue weighted by molar-refractivity contribution is 5.95. The molecule has 4 bridgehead atoms. The van der Waals surface area contributed by atoms with Crippen LogP contribution in [0.3, 0.4) is 0 Å². The molecule has 4 aliphatic carbocycles. The van der Waals surface area contributed by atoms with Gasteiger partial charge >= 0.3 is 0 Å². The van der Waals surface area contributed by atoms with Gasteiger partial charge in [0.05, 0.1) is 17.3 Å². The summed E-state index contributed by atoms with van der Waals surface area (Å²) in [6, 6.07) is 4.12. The maximum atomic E-state index is 13.1. The van der Waals surface area contributed by atoms with Crippen LogP contribution < -0.4 is 10.2 Å². The Kier molecular flexibility index (Phi) is 3.98. The minimum atomic E-state index is -0.0869. The van der Waals surface area contributed by atoms with E-state index in [-0.39, 0.29) is 11.3 Å². The van der Waals surface area contributed by atoms with Crippen molar-refractivity contribution in [2.75, 3.05) is 23.3 Å². The Labute approximate surface area is 156 Å². The van der Waals surface area contributed by atoms with Crippen LogP contribution in [-0.4, -0.2) is 24.0 Å². The fourth-order valence-electron chi connectivity index (χ4n) is 6.54. The van der Waals surface area contributed by atoms with Crippen molar-refractivity contribution >= 4 is 17.4 Å². The SMILES string of the molecule is CC1CCN(c2ccc(NC(=O)C34CC5CC(CC(C5)C3)C4)cn2)CC1. The molecule has 1 aliphatic heterocycles. The molecule has 0 unspecified atom stereocenters. The van der Waals surface area contributed by atoms with Crippen LogP contribution in [-0.2, 0) is 4.79 Å². The number of amides is 1. The van der Waals surface area contributed by atoms with Gasteiger partial charge in [0.1, 0.15) is 5.82 Å².